The number of carbonyl (C=O) groups is 2. The Kier molecular flexibility index (Phi) is 5.53. The van der Waals surface area contributed by atoms with Crippen LogP contribution in [0.1, 0.15) is 32.6 Å². The van der Waals surface area contributed by atoms with Crippen LogP contribution in [0.15, 0.2) is 24.3 Å². The summed E-state index contributed by atoms with van der Waals surface area (Å²) < 4.78 is 0. The first-order valence-electron chi connectivity index (χ1n) is 6.48. The Morgan fingerprint density at radius 1 is 1.15 bits per heavy atom. The van der Waals surface area contributed by atoms with Crippen molar-refractivity contribution in [2.24, 2.45) is 5.73 Å². The molecule has 0 radical (unpaired) electrons. The number of anilines is 2. The van der Waals surface area contributed by atoms with Crippen LogP contribution in [0, 0.1) is 0 Å². The Morgan fingerprint density at radius 2 is 1.70 bits per heavy atom. The second-order valence-electron chi connectivity index (χ2n) is 5.08. The minimum atomic E-state index is -0.746. The van der Waals surface area contributed by atoms with E-state index in [4.69, 9.17) is 5.73 Å². The van der Waals surface area contributed by atoms with E-state index in [1.54, 1.807) is 24.3 Å². The van der Waals surface area contributed by atoms with Crippen LogP contribution in [-0.2, 0) is 9.59 Å². The Labute approximate surface area is 124 Å². The molecule has 1 aliphatic rings. The number of nitrogens with two attached hydrogens (primary N) is 1. The highest BCUT2D eigenvalue weighted by Gasteiger charge is 2.36. The van der Waals surface area contributed by atoms with E-state index >= 15 is 0 Å². The summed E-state index contributed by atoms with van der Waals surface area (Å²) in [5.41, 5.74) is 6.64. The molecule has 0 bridgehead atoms. The van der Waals surface area contributed by atoms with Gasteiger partial charge in [-0.05, 0) is 31.0 Å². The van der Waals surface area contributed by atoms with Crippen molar-refractivity contribution in [3.63, 3.8) is 0 Å². The molecule has 0 aromatic heterocycles. The minimum Gasteiger partial charge on any atom is -0.326 e. The van der Waals surface area contributed by atoms with Crippen molar-refractivity contribution in [1.29, 1.82) is 0 Å². The van der Waals surface area contributed by atoms with Crippen molar-refractivity contribution in [2.75, 3.05) is 10.6 Å². The van der Waals surface area contributed by atoms with Gasteiger partial charge in [-0.2, -0.15) is 0 Å². The number of amides is 2. The van der Waals surface area contributed by atoms with E-state index in [1.165, 1.54) is 6.92 Å². The van der Waals surface area contributed by atoms with Crippen LogP contribution in [0.4, 0.5) is 11.4 Å². The highest BCUT2D eigenvalue weighted by Crippen LogP contribution is 2.28. The maximum atomic E-state index is 12.1. The smallest absolute Gasteiger partial charge is 0.244 e. The first kappa shape index (κ1) is 16.5. The summed E-state index contributed by atoms with van der Waals surface area (Å²) in [6, 6.07) is 7.04. The predicted octanol–water partition coefficient (Wildman–Crippen LogP) is 2.28. The maximum absolute atomic E-state index is 12.1. The highest BCUT2D eigenvalue weighted by molar-refractivity contribution is 5.99. The number of benzene rings is 1. The maximum Gasteiger partial charge on any atom is 0.244 e. The topological polar surface area (TPSA) is 84.2 Å². The molecule has 20 heavy (non-hydrogen) atoms. The summed E-state index contributed by atoms with van der Waals surface area (Å²) >= 11 is 0. The van der Waals surface area contributed by atoms with Crippen molar-refractivity contribution in [2.45, 2.75) is 38.1 Å². The van der Waals surface area contributed by atoms with E-state index in [0.29, 0.717) is 11.4 Å². The van der Waals surface area contributed by atoms with Gasteiger partial charge in [0.05, 0.1) is 5.54 Å². The molecule has 0 aliphatic heterocycles. The molecule has 4 N–H and O–H groups in total. The van der Waals surface area contributed by atoms with Crippen LogP contribution in [0.2, 0.25) is 0 Å². The van der Waals surface area contributed by atoms with Crippen molar-refractivity contribution < 1.29 is 9.59 Å². The lowest BCUT2D eigenvalue weighted by Gasteiger charge is -2.22. The molecule has 0 atom stereocenters. The van der Waals surface area contributed by atoms with E-state index in [1.807, 2.05) is 0 Å². The fraction of sp³-hybridized carbons (Fsp3) is 0.429. The van der Waals surface area contributed by atoms with Crippen LogP contribution in [0.25, 0.3) is 0 Å². The van der Waals surface area contributed by atoms with E-state index in [-0.39, 0.29) is 24.2 Å². The monoisotopic (exact) mass is 297 g/mol. The van der Waals surface area contributed by atoms with Crippen molar-refractivity contribution in [3.8, 4) is 0 Å². The second-order valence-corrected chi connectivity index (χ2v) is 5.08. The summed E-state index contributed by atoms with van der Waals surface area (Å²) in [4.78, 5) is 23.1. The van der Waals surface area contributed by atoms with Gasteiger partial charge >= 0.3 is 0 Å². The molecule has 5 nitrogen and oxygen atoms in total. The third kappa shape index (κ3) is 3.95. The Morgan fingerprint density at radius 3 is 2.25 bits per heavy atom. The van der Waals surface area contributed by atoms with E-state index in [2.05, 4.69) is 10.6 Å². The number of halogens is 1. The third-order valence-electron chi connectivity index (χ3n) is 3.39. The van der Waals surface area contributed by atoms with Crippen molar-refractivity contribution >= 4 is 35.6 Å². The number of hydrogen-bond donors (Lipinski definition) is 3. The molecule has 1 aromatic rings. The molecule has 1 fully saturated rings. The van der Waals surface area contributed by atoms with E-state index in [9.17, 15) is 9.59 Å². The first-order chi connectivity index (χ1) is 8.99. The molecule has 1 saturated carbocycles. The average Bonchev–Trinajstić information content (AvgIpc) is 2.77. The normalized spacial score (nSPS) is 16.1. The summed E-state index contributed by atoms with van der Waals surface area (Å²) in [6.45, 7) is 1.44. The fourth-order valence-corrected chi connectivity index (χ4v) is 2.37. The van der Waals surface area contributed by atoms with Gasteiger partial charge in [0.25, 0.3) is 0 Å². The molecular formula is C14H20ClN3O2. The lowest BCUT2D eigenvalue weighted by Crippen LogP contribution is -2.48. The van der Waals surface area contributed by atoms with Crippen molar-refractivity contribution in [1.82, 2.24) is 0 Å². The fourth-order valence-electron chi connectivity index (χ4n) is 2.37. The number of nitrogens with one attached hydrogen (secondary N) is 2. The van der Waals surface area contributed by atoms with Gasteiger partial charge in [0.15, 0.2) is 0 Å². The van der Waals surface area contributed by atoms with Crippen LogP contribution in [0.5, 0.6) is 0 Å². The minimum absolute atomic E-state index is 0. The Balaban J connectivity index is 0.00000200. The van der Waals surface area contributed by atoms with E-state index < -0.39 is 5.54 Å². The molecule has 0 spiro atoms. The molecule has 0 heterocycles. The molecule has 0 unspecified atom stereocenters. The Hall–Kier alpha value is -1.59. The Bertz CT molecular complexity index is 499. The molecule has 2 rings (SSSR count). The van der Waals surface area contributed by atoms with Gasteiger partial charge in [-0.1, -0.05) is 18.9 Å². The SMILES string of the molecule is CC(=O)Nc1cccc(NC(=O)C2(N)CCCC2)c1.Cl. The standard InChI is InChI=1S/C14H19N3O2.ClH/c1-10(18)16-11-5-4-6-12(9-11)17-13(19)14(15)7-2-3-8-14;/h4-6,9H,2-3,7-8,15H2,1H3,(H,16,18)(H,17,19);1H. The van der Waals surface area contributed by atoms with Crippen LogP contribution in [-0.4, -0.2) is 17.4 Å². The number of carbonyl (C=O) groups excluding carboxylic acids is 2. The van der Waals surface area contributed by atoms with Gasteiger partial charge in [0.1, 0.15) is 0 Å². The largest absolute Gasteiger partial charge is 0.326 e. The summed E-state index contributed by atoms with van der Waals surface area (Å²) in [5, 5.41) is 5.50. The zero-order valence-corrected chi connectivity index (χ0v) is 12.3. The van der Waals surface area contributed by atoms with Gasteiger partial charge in [-0.15, -0.1) is 12.4 Å². The summed E-state index contributed by atoms with van der Waals surface area (Å²) in [7, 11) is 0. The average molecular weight is 298 g/mol. The molecule has 1 aromatic carbocycles. The highest BCUT2D eigenvalue weighted by atomic mass is 35.5. The molecule has 1 aliphatic carbocycles. The summed E-state index contributed by atoms with van der Waals surface area (Å²) in [5.74, 6) is -0.292. The van der Waals surface area contributed by atoms with Crippen LogP contribution >= 0.6 is 12.4 Å². The molecule has 6 heteroatoms. The summed E-state index contributed by atoms with van der Waals surface area (Å²) in [6.07, 6.45) is 3.44. The van der Waals surface area contributed by atoms with Crippen LogP contribution < -0.4 is 16.4 Å². The molecule has 0 saturated heterocycles. The van der Waals surface area contributed by atoms with Gasteiger partial charge in [0, 0.05) is 18.3 Å². The number of hydrogen-bond acceptors (Lipinski definition) is 3. The first-order valence-corrected chi connectivity index (χ1v) is 6.48. The van der Waals surface area contributed by atoms with Gasteiger partial charge in [-0.3, -0.25) is 9.59 Å². The molecular weight excluding hydrogens is 278 g/mol. The molecule has 2 amide bonds. The molecule has 110 valence electrons. The quantitative estimate of drug-likeness (QED) is 0.800. The zero-order valence-electron chi connectivity index (χ0n) is 11.4. The number of rotatable bonds is 3. The zero-order chi connectivity index (χ0) is 13.9. The van der Waals surface area contributed by atoms with Crippen LogP contribution in [0.3, 0.4) is 0 Å². The predicted molar refractivity (Wildman–Crippen MR) is 82.0 cm³/mol. The van der Waals surface area contributed by atoms with Gasteiger partial charge < -0.3 is 16.4 Å². The lowest BCUT2D eigenvalue weighted by molar-refractivity contribution is -0.121. The van der Waals surface area contributed by atoms with E-state index in [0.717, 1.165) is 25.7 Å². The second kappa shape index (κ2) is 6.72. The lowest BCUT2D eigenvalue weighted by atomic mass is 9.98. The van der Waals surface area contributed by atoms with Gasteiger partial charge in [-0.25, -0.2) is 0 Å². The van der Waals surface area contributed by atoms with Gasteiger partial charge in [0.2, 0.25) is 11.8 Å². The van der Waals surface area contributed by atoms with Crippen molar-refractivity contribution in [3.05, 3.63) is 24.3 Å². The third-order valence-corrected chi connectivity index (χ3v) is 3.39.